The number of nitrogens with one attached hydrogen (secondary N) is 2. The van der Waals surface area contributed by atoms with Crippen LogP contribution in [0.5, 0.6) is 17.2 Å². The summed E-state index contributed by atoms with van der Waals surface area (Å²) in [5, 5.41) is 4.94. The molecule has 2 aromatic carbocycles. The monoisotopic (exact) mass is 493 g/mol. The molecule has 0 bridgehead atoms. The lowest BCUT2D eigenvalue weighted by atomic mass is 9.92. The number of fused-ring (bicyclic) bond motifs is 1. The largest absolute Gasteiger partial charge is 0.573 e. The molecule has 0 radical (unpaired) electrons. The zero-order chi connectivity index (χ0) is 25.5. The Balaban J connectivity index is 1.49. The Hall–Kier alpha value is -4.29. The molecule has 4 amide bonds. The van der Waals surface area contributed by atoms with Crippen LogP contribution in [0.25, 0.3) is 0 Å². The minimum Gasteiger partial charge on any atom is -0.454 e. The predicted octanol–water partition coefficient (Wildman–Crippen LogP) is 2.92. The standard InChI is InChI=1S/C22H18F3N3O7/c1-11(29)14-7-16-17(34-10-33-16)8-15(14)26-18(30)9-28-19(31)21(2,27-20(28)32)12-3-5-13(6-4-12)35-22(23,24)25/h3-8H,9-10H2,1-2H3,(H,26,30)(H,27,32). The van der Waals surface area contributed by atoms with Crippen LogP contribution in [0, 0.1) is 0 Å². The number of alkyl halides is 3. The highest BCUT2D eigenvalue weighted by molar-refractivity contribution is 6.11. The molecule has 2 aliphatic rings. The quantitative estimate of drug-likeness (QED) is 0.469. The smallest absolute Gasteiger partial charge is 0.454 e. The van der Waals surface area contributed by atoms with Crippen molar-refractivity contribution in [3.8, 4) is 17.2 Å². The number of benzene rings is 2. The van der Waals surface area contributed by atoms with Crippen molar-refractivity contribution in [3.63, 3.8) is 0 Å². The fraction of sp³-hybridized carbons (Fsp3) is 0.273. The van der Waals surface area contributed by atoms with Crippen molar-refractivity contribution in [1.29, 1.82) is 0 Å². The van der Waals surface area contributed by atoms with E-state index in [0.717, 1.165) is 12.1 Å². The molecule has 35 heavy (non-hydrogen) atoms. The lowest BCUT2D eigenvalue weighted by Crippen LogP contribution is -2.42. The van der Waals surface area contributed by atoms with Crippen molar-refractivity contribution in [2.75, 3.05) is 18.7 Å². The Kier molecular flexibility index (Phi) is 5.79. The van der Waals surface area contributed by atoms with E-state index in [1.807, 2.05) is 0 Å². The lowest BCUT2D eigenvalue weighted by molar-refractivity contribution is -0.274. The van der Waals surface area contributed by atoms with Crippen molar-refractivity contribution in [1.82, 2.24) is 10.2 Å². The van der Waals surface area contributed by atoms with Crippen LogP contribution in [-0.4, -0.2) is 48.2 Å². The normalized spacial score (nSPS) is 18.9. The third-order valence-electron chi connectivity index (χ3n) is 5.41. The van der Waals surface area contributed by atoms with Crippen LogP contribution in [0.3, 0.4) is 0 Å². The van der Waals surface area contributed by atoms with Crippen molar-refractivity contribution in [2.45, 2.75) is 25.7 Å². The fourth-order valence-electron chi connectivity index (χ4n) is 3.70. The highest BCUT2D eigenvalue weighted by Gasteiger charge is 2.49. The van der Waals surface area contributed by atoms with Gasteiger partial charge in [0.2, 0.25) is 12.7 Å². The number of nitrogens with zero attached hydrogens (tertiary/aromatic N) is 1. The number of hydrogen-bond donors (Lipinski definition) is 2. The summed E-state index contributed by atoms with van der Waals surface area (Å²) in [6, 6.07) is 6.36. The summed E-state index contributed by atoms with van der Waals surface area (Å²) < 4.78 is 51.4. The van der Waals surface area contributed by atoms with Gasteiger partial charge in [0.1, 0.15) is 17.8 Å². The molecule has 0 saturated carbocycles. The Morgan fingerprint density at radius 3 is 2.37 bits per heavy atom. The van der Waals surface area contributed by atoms with Gasteiger partial charge >= 0.3 is 12.4 Å². The predicted molar refractivity (Wildman–Crippen MR) is 112 cm³/mol. The number of anilines is 1. The Bertz CT molecular complexity index is 1230. The van der Waals surface area contributed by atoms with E-state index in [4.69, 9.17) is 9.47 Å². The third-order valence-corrected chi connectivity index (χ3v) is 5.41. The first-order chi connectivity index (χ1) is 16.4. The average Bonchev–Trinajstić information content (AvgIpc) is 3.30. The average molecular weight is 493 g/mol. The summed E-state index contributed by atoms with van der Waals surface area (Å²) in [7, 11) is 0. The van der Waals surface area contributed by atoms with Gasteiger partial charge < -0.3 is 24.8 Å². The maximum absolute atomic E-state index is 13.0. The second kappa shape index (κ2) is 8.49. The summed E-state index contributed by atoms with van der Waals surface area (Å²) in [6.07, 6.45) is -4.88. The molecule has 2 aromatic rings. The van der Waals surface area contributed by atoms with Crippen molar-refractivity contribution < 1.29 is 46.6 Å². The van der Waals surface area contributed by atoms with E-state index in [9.17, 15) is 32.3 Å². The molecule has 2 heterocycles. The number of ether oxygens (including phenoxy) is 3. The minimum atomic E-state index is -4.88. The van der Waals surface area contributed by atoms with Crippen LogP contribution < -0.4 is 24.8 Å². The van der Waals surface area contributed by atoms with Crippen LogP contribution in [0.15, 0.2) is 36.4 Å². The molecule has 1 atom stereocenters. The molecule has 1 saturated heterocycles. The van der Waals surface area contributed by atoms with Gasteiger partial charge in [-0.05, 0) is 37.6 Å². The summed E-state index contributed by atoms with van der Waals surface area (Å²) in [4.78, 5) is 50.8. The number of urea groups is 1. The number of imide groups is 1. The fourth-order valence-corrected chi connectivity index (χ4v) is 3.70. The number of hydrogen-bond acceptors (Lipinski definition) is 7. The van der Waals surface area contributed by atoms with Gasteiger partial charge in [-0.2, -0.15) is 0 Å². The van der Waals surface area contributed by atoms with Gasteiger partial charge in [0.05, 0.1) is 5.69 Å². The van der Waals surface area contributed by atoms with E-state index >= 15 is 0 Å². The number of Topliss-reactive ketones (excluding diaryl/α,β-unsaturated/α-hetero) is 1. The maximum atomic E-state index is 13.0. The van der Waals surface area contributed by atoms with Gasteiger partial charge in [-0.3, -0.25) is 19.3 Å². The van der Waals surface area contributed by atoms with Crippen LogP contribution >= 0.6 is 0 Å². The highest BCUT2D eigenvalue weighted by atomic mass is 19.4. The molecular formula is C22H18F3N3O7. The number of carbonyl (C=O) groups is 4. The molecule has 1 fully saturated rings. The van der Waals surface area contributed by atoms with Gasteiger partial charge in [-0.15, -0.1) is 13.2 Å². The number of halogens is 3. The summed E-state index contributed by atoms with van der Waals surface area (Å²) in [5.74, 6) is -1.77. The minimum absolute atomic E-state index is 0.0472. The molecule has 0 spiro atoms. The molecule has 10 nitrogen and oxygen atoms in total. The van der Waals surface area contributed by atoms with Crippen molar-refractivity contribution >= 4 is 29.3 Å². The van der Waals surface area contributed by atoms with Gasteiger partial charge in [-0.1, -0.05) is 12.1 Å². The van der Waals surface area contributed by atoms with Crippen LogP contribution in [-0.2, 0) is 15.1 Å². The number of ketones is 1. The molecule has 13 heteroatoms. The van der Waals surface area contributed by atoms with E-state index in [1.165, 1.54) is 38.1 Å². The van der Waals surface area contributed by atoms with Crippen LogP contribution in [0.4, 0.5) is 23.7 Å². The molecular weight excluding hydrogens is 475 g/mol. The summed E-state index contributed by atoms with van der Waals surface area (Å²) in [6.45, 7) is 1.92. The number of rotatable bonds is 6. The molecule has 1 unspecified atom stereocenters. The Morgan fingerprint density at radius 2 is 1.77 bits per heavy atom. The maximum Gasteiger partial charge on any atom is 0.573 e. The molecule has 2 aliphatic heterocycles. The molecule has 0 aliphatic carbocycles. The number of amides is 4. The van der Waals surface area contributed by atoms with Gasteiger partial charge in [0.25, 0.3) is 5.91 Å². The third kappa shape index (κ3) is 4.69. The van der Waals surface area contributed by atoms with E-state index in [-0.39, 0.29) is 29.4 Å². The van der Waals surface area contributed by atoms with Gasteiger partial charge in [0.15, 0.2) is 17.3 Å². The number of carbonyl (C=O) groups excluding carboxylic acids is 4. The molecule has 0 aromatic heterocycles. The Morgan fingerprint density at radius 1 is 1.14 bits per heavy atom. The van der Waals surface area contributed by atoms with E-state index in [0.29, 0.717) is 16.4 Å². The zero-order valence-corrected chi connectivity index (χ0v) is 18.3. The lowest BCUT2D eigenvalue weighted by Gasteiger charge is -2.22. The van der Waals surface area contributed by atoms with E-state index < -0.39 is 42.0 Å². The highest BCUT2D eigenvalue weighted by Crippen LogP contribution is 2.37. The second-order valence-corrected chi connectivity index (χ2v) is 7.87. The summed E-state index contributed by atoms with van der Waals surface area (Å²) in [5.41, 5.74) is -1.19. The molecule has 4 rings (SSSR count). The van der Waals surface area contributed by atoms with Crippen LogP contribution in [0.1, 0.15) is 29.8 Å². The zero-order valence-electron chi connectivity index (χ0n) is 18.3. The van der Waals surface area contributed by atoms with Gasteiger partial charge in [-0.25, -0.2) is 4.79 Å². The van der Waals surface area contributed by atoms with Gasteiger partial charge in [0, 0.05) is 11.6 Å². The molecule has 2 N–H and O–H groups in total. The first kappa shape index (κ1) is 23.9. The topological polar surface area (TPSA) is 123 Å². The van der Waals surface area contributed by atoms with Crippen molar-refractivity contribution in [2.24, 2.45) is 0 Å². The van der Waals surface area contributed by atoms with Crippen LogP contribution in [0.2, 0.25) is 0 Å². The molecule has 184 valence electrons. The van der Waals surface area contributed by atoms with E-state index in [1.54, 1.807) is 0 Å². The van der Waals surface area contributed by atoms with E-state index in [2.05, 4.69) is 15.4 Å². The Labute approximate surface area is 195 Å². The summed E-state index contributed by atoms with van der Waals surface area (Å²) >= 11 is 0. The first-order valence-electron chi connectivity index (χ1n) is 10.1. The SMILES string of the molecule is CC(=O)c1cc2c(cc1NC(=O)CN1C(=O)NC(C)(c3ccc(OC(F)(F)F)cc3)C1=O)OCO2. The second-order valence-electron chi connectivity index (χ2n) is 7.87. The van der Waals surface area contributed by atoms with Crippen molar-refractivity contribution in [3.05, 3.63) is 47.5 Å². The first-order valence-corrected chi connectivity index (χ1v) is 10.1.